The van der Waals surface area contributed by atoms with E-state index in [4.69, 9.17) is 0 Å². The lowest BCUT2D eigenvalue weighted by molar-refractivity contribution is -0.121. The molecule has 1 unspecified atom stereocenters. The van der Waals surface area contributed by atoms with E-state index in [1.165, 1.54) is 10.6 Å². The molecule has 0 fully saturated rings. The molecule has 0 aromatic heterocycles. The molecule has 1 atom stereocenters. The molecule has 6 heteroatoms. The number of rotatable bonds is 9. The number of nitrogens with zero attached hydrogens (tertiary/aromatic N) is 1. The molecule has 0 saturated carbocycles. The summed E-state index contributed by atoms with van der Waals surface area (Å²) >= 11 is 0. The number of carbonyl (C=O) groups excluding carboxylic acids is 1. The molecule has 3 rings (SSSR count). The van der Waals surface area contributed by atoms with Crippen molar-refractivity contribution in [2.75, 3.05) is 17.1 Å². The Morgan fingerprint density at radius 3 is 2.15 bits per heavy atom. The van der Waals surface area contributed by atoms with Crippen LogP contribution in [-0.4, -0.2) is 27.1 Å². The van der Waals surface area contributed by atoms with Gasteiger partial charge in [0.2, 0.25) is 15.9 Å². The number of carbonyl (C=O) groups is 1. The monoisotopic (exact) mass is 464 g/mol. The van der Waals surface area contributed by atoms with E-state index < -0.39 is 10.0 Å². The first-order valence-electron chi connectivity index (χ1n) is 11.1. The third-order valence-electron chi connectivity index (χ3n) is 5.86. The van der Waals surface area contributed by atoms with Crippen molar-refractivity contribution >= 4 is 21.6 Å². The van der Waals surface area contributed by atoms with Crippen LogP contribution in [0.5, 0.6) is 0 Å². The van der Waals surface area contributed by atoms with Gasteiger partial charge in [-0.1, -0.05) is 72.3 Å². The maximum atomic E-state index is 12.9. The van der Waals surface area contributed by atoms with E-state index in [1.54, 1.807) is 0 Å². The number of aryl methyl sites for hydroxylation is 2. The van der Waals surface area contributed by atoms with Crippen LogP contribution in [0.4, 0.5) is 5.69 Å². The molecule has 174 valence electrons. The highest BCUT2D eigenvalue weighted by atomic mass is 32.2. The summed E-state index contributed by atoms with van der Waals surface area (Å²) in [5.74, 6) is -0.112. The number of anilines is 1. The Hall–Kier alpha value is -3.12. The van der Waals surface area contributed by atoms with Crippen LogP contribution in [0, 0.1) is 20.8 Å². The number of sulfonamides is 1. The number of amides is 1. The second-order valence-corrected chi connectivity index (χ2v) is 10.4. The smallest absolute Gasteiger partial charge is 0.232 e. The SMILES string of the molecule is Cc1ccc(C(NC(=O)CCCN(c2cccc(C)c2C)S(C)(=O)=O)c2ccccc2)cc1. The summed E-state index contributed by atoms with van der Waals surface area (Å²) in [6.07, 6.45) is 1.85. The van der Waals surface area contributed by atoms with Crippen LogP contribution in [0.25, 0.3) is 0 Å². The van der Waals surface area contributed by atoms with Gasteiger partial charge in [0.15, 0.2) is 0 Å². The molecule has 0 saturated heterocycles. The van der Waals surface area contributed by atoms with Gasteiger partial charge in [-0.2, -0.15) is 0 Å². The lowest BCUT2D eigenvalue weighted by Gasteiger charge is -2.25. The van der Waals surface area contributed by atoms with E-state index in [9.17, 15) is 13.2 Å². The van der Waals surface area contributed by atoms with Gasteiger partial charge < -0.3 is 5.32 Å². The van der Waals surface area contributed by atoms with Crippen molar-refractivity contribution < 1.29 is 13.2 Å². The standard InChI is InChI=1S/C27H32N2O3S/c1-20-15-17-24(18-16-20)27(23-11-6-5-7-12-23)28-26(30)14-9-19-29(33(4,31)32)25-13-8-10-21(2)22(25)3/h5-8,10-13,15-18,27H,9,14,19H2,1-4H3,(H,28,30). The molecule has 33 heavy (non-hydrogen) atoms. The minimum atomic E-state index is -3.47. The molecule has 0 spiro atoms. The van der Waals surface area contributed by atoms with Crippen LogP contribution in [0.1, 0.15) is 46.7 Å². The molecule has 1 N–H and O–H groups in total. The van der Waals surface area contributed by atoms with E-state index >= 15 is 0 Å². The van der Waals surface area contributed by atoms with Crippen molar-refractivity contribution in [3.05, 3.63) is 101 Å². The van der Waals surface area contributed by atoms with E-state index in [2.05, 4.69) is 5.32 Å². The molecule has 3 aromatic rings. The van der Waals surface area contributed by atoms with Gasteiger partial charge in [0, 0.05) is 13.0 Å². The van der Waals surface area contributed by atoms with Crippen LogP contribution in [-0.2, 0) is 14.8 Å². The summed E-state index contributed by atoms with van der Waals surface area (Å²) < 4.78 is 26.3. The fourth-order valence-corrected chi connectivity index (χ4v) is 4.87. The first kappa shape index (κ1) is 24.5. The Kier molecular flexibility index (Phi) is 7.92. The molecule has 0 aliphatic heterocycles. The number of nitrogens with one attached hydrogen (secondary N) is 1. The first-order chi connectivity index (χ1) is 15.7. The van der Waals surface area contributed by atoms with E-state index in [0.717, 1.165) is 27.8 Å². The first-order valence-corrected chi connectivity index (χ1v) is 13.0. The highest BCUT2D eigenvalue weighted by molar-refractivity contribution is 7.92. The van der Waals surface area contributed by atoms with Crippen molar-refractivity contribution in [3.63, 3.8) is 0 Å². The zero-order valence-electron chi connectivity index (χ0n) is 19.7. The predicted molar refractivity (Wildman–Crippen MR) is 135 cm³/mol. The predicted octanol–water partition coefficient (Wildman–Crippen LogP) is 5.06. The zero-order chi connectivity index (χ0) is 24.0. The Balaban J connectivity index is 1.71. The summed E-state index contributed by atoms with van der Waals surface area (Å²) in [4.78, 5) is 12.9. The lowest BCUT2D eigenvalue weighted by Crippen LogP contribution is -2.33. The summed E-state index contributed by atoms with van der Waals surface area (Å²) in [7, 11) is -3.47. The number of benzene rings is 3. The van der Waals surface area contributed by atoms with Gasteiger partial charge in [-0.25, -0.2) is 8.42 Å². The molecule has 0 bridgehead atoms. The molecule has 0 aliphatic rings. The van der Waals surface area contributed by atoms with Gasteiger partial charge in [-0.05, 0) is 55.5 Å². The fourth-order valence-electron chi connectivity index (χ4n) is 3.85. The normalized spacial score (nSPS) is 12.2. The Morgan fingerprint density at radius 2 is 1.52 bits per heavy atom. The summed E-state index contributed by atoms with van der Waals surface area (Å²) in [6.45, 7) is 6.16. The van der Waals surface area contributed by atoms with Crippen LogP contribution in [0.2, 0.25) is 0 Å². The molecular formula is C27H32N2O3S. The average molecular weight is 465 g/mol. The van der Waals surface area contributed by atoms with Gasteiger partial charge in [-0.3, -0.25) is 9.10 Å². The average Bonchev–Trinajstić information content (AvgIpc) is 2.78. The third-order valence-corrected chi connectivity index (χ3v) is 7.04. The largest absolute Gasteiger partial charge is 0.345 e. The van der Waals surface area contributed by atoms with Crippen molar-refractivity contribution in [2.45, 2.75) is 39.7 Å². The van der Waals surface area contributed by atoms with Gasteiger partial charge in [0.05, 0.1) is 18.0 Å². The van der Waals surface area contributed by atoms with Gasteiger partial charge >= 0.3 is 0 Å². The maximum Gasteiger partial charge on any atom is 0.232 e. The lowest BCUT2D eigenvalue weighted by atomic mass is 9.97. The molecule has 0 aliphatic carbocycles. The number of hydrogen-bond acceptors (Lipinski definition) is 3. The summed E-state index contributed by atoms with van der Waals surface area (Å²) in [6, 6.07) is 23.3. The molecule has 0 radical (unpaired) electrons. The zero-order valence-corrected chi connectivity index (χ0v) is 20.5. The van der Waals surface area contributed by atoms with E-state index in [1.807, 2.05) is 93.6 Å². The van der Waals surface area contributed by atoms with E-state index in [0.29, 0.717) is 12.1 Å². The minimum Gasteiger partial charge on any atom is -0.345 e. The molecular weight excluding hydrogens is 432 g/mol. The highest BCUT2D eigenvalue weighted by Crippen LogP contribution is 2.26. The van der Waals surface area contributed by atoms with Gasteiger partial charge in [0.25, 0.3) is 0 Å². The highest BCUT2D eigenvalue weighted by Gasteiger charge is 2.21. The molecule has 0 heterocycles. The van der Waals surface area contributed by atoms with Crippen molar-refractivity contribution in [1.29, 1.82) is 0 Å². The second-order valence-electron chi connectivity index (χ2n) is 8.48. The fraction of sp³-hybridized carbons (Fsp3) is 0.296. The minimum absolute atomic E-state index is 0.112. The molecule has 1 amide bonds. The third kappa shape index (κ3) is 6.45. The topological polar surface area (TPSA) is 66.5 Å². The summed E-state index contributed by atoms with van der Waals surface area (Å²) in [5.41, 5.74) is 5.79. The van der Waals surface area contributed by atoms with Crippen LogP contribution in [0.15, 0.2) is 72.8 Å². The quantitative estimate of drug-likeness (QED) is 0.481. The van der Waals surface area contributed by atoms with Crippen LogP contribution < -0.4 is 9.62 Å². The van der Waals surface area contributed by atoms with Crippen molar-refractivity contribution in [1.82, 2.24) is 5.32 Å². The van der Waals surface area contributed by atoms with Crippen molar-refractivity contribution in [3.8, 4) is 0 Å². The number of hydrogen-bond donors (Lipinski definition) is 1. The maximum absolute atomic E-state index is 12.9. The molecule has 5 nitrogen and oxygen atoms in total. The Labute approximate surface area is 197 Å². The van der Waals surface area contributed by atoms with Crippen LogP contribution >= 0.6 is 0 Å². The Morgan fingerprint density at radius 1 is 0.879 bits per heavy atom. The van der Waals surface area contributed by atoms with E-state index in [-0.39, 0.29) is 24.9 Å². The summed E-state index contributed by atoms with van der Waals surface area (Å²) in [5, 5.41) is 3.13. The second kappa shape index (κ2) is 10.7. The van der Waals surface area contributed by atoms with Gasteiger partial charge in [0.1, 0.15) is 0 Å². The Bertz CT molecular complexity index is 1190. The molecule has 3 aromatic carbocycles. The van der Waals surface area contributed by atoms with Crippen LogP contribution in [0.3, 0.4) is 0 Å². The van der Waals surface area contributed by atoms with Crippen molar-refractivity contribution in [2.24, 2.45) is 0 Å². The van der Waals surface area contributed by atoms with Gasteiger partial charge in [-0.15, -0.1) is 0 Å².